The van der Waals surface area contributed by atoms with E-state index >= 15 is 0 Å². The maximum absolute atomic E-state index is 13.0. The SMILES string of the molecule is Cc1nc(C(=O)O)nc(OCc2ccc(F)cc2)c1Cc1ccccc1Cl. The Balaban J connectivity index is 1.94. The number of hydrogen-bond donors (Lipinski definition) is 1. The molecule has 0 radical (unpaired) electrons. The molecule has 3 aromatic rings. The van der Waals surface area contributed by atoms with Crippen LogP contribution < -0.4 is 4.74 Å². The van der Waals surface area contributed by atoms with Crippen LogP contribution in [0.5, 0.6) is 5.88 Å². The first kappa shape index (κ1) is 18.8. The molecule has 1 aromatic heterocycles. The molecule has 0 atom stereocenters. The fourth-order valence-electron chi connectivity index (χ4n) is 2.55. The van der Waals surface area contributed by atoms with E-state index in [1.54, 1.807) is 25.1 Å². The molecule has 0 aliphatic heterocycles. The molecular formula is C20H16ClFN2O3. The van der Waals surface area contributed by atoms with Gasteiger partial charge in [-0.25, -0.2) is 14.2 Å². The molecule has 0 spiro atoms. The van der Waals surface area contributed by atoms with Crippen LogP contribution in [0.25, 0.3) is 0 Å². The molecule has 0 aliphatic carbocycles. The summed E-state index contributed by atoms with van der Waals surface area (Å²) < 4.78 is 18.8. The van der Waals surface area contributed by atoms with E-state index in [0.717, 1.165) is 11.1 Å². The number of nitrogens with zero attached hydrogens (tertiary/aromatic N) is 2. The molecule has 27 heavy (non-hydrogen) atoms. The van der Waals surface area contributed by atoms with E-state index in [9.17, 15) is 14.3 Å². The molecule has 0 saturated heterocycles. The maximum Gasteiger partial charge on any atom is 0.374 e. The molecule has 0 aliphatic rings. The molecule has 0 amide bonds. The normalized spacial score (nSPS) is 10.6. The number of carboxylic acid groups (broad SMARTS) is 1. The van der Waals surface area contributed by atoms with E-state index < -0.39 is 5.97 Å². The highest BCUT2D eigenvalue weighted by molar-refractivity contribution is 6.31. The van der Waals surface area contributed by atoms with Gasteiger partial charge < -0.3 is 9.84 Å². The smallest absolute Gasteiger partial charge is 0.374 e. The van der Waals surface area contributed by atoms with E-state index in [2.05, 4.69) is 9.97 Å². The average Bonchev–Trinajstić information content (AvgIpc) is 2.64. The van der Waals surface area contributed by atoms with Gasteiger partial charge >= 0.3 is 5.97 Å². The van der Waals surface area contributed by atoms with Gasteiger partial charge in [0.25, 0.3) is 0 Å². The number of ether oxygens (including phenoxy) is 1. The van der Waals surface area contributed by atoms with Crippen LogP contribution in [0.3, 0.4) is 0 Å². The minimum atomic E-state index is -1.24. The highest BCUT2D eigenvalue weighted by Crippen LogP contribution is 2.26. The van der Waals surface area contributed by atoms with Gasteiger partial charge in [-0.2, -0.15) is 4.98 Å². The minimum absolute atomic E-state index is 0.116. The molecule has 5 nitrogen and oxygen atoms in total. The zero-order valence-corrected chi connectivity index (χ0v) is 15.2. The van der Waals surface area contributed by atoms with Crippen molar-refractivity contribution in [3.8, 4) is 5.88 Å². The third kappa shape index (κ3) is 4.60. The van der Waals surface area contributed by atoms with E-state index in [0.29, 0.717) is 22.7 Å². The lowest BCUT2D eigenvalue weighted by molar-refractivity contribution is 0.0681. The van der Waals surface area contributed by atoms with Crippen LogP contribution in [0.15, 0.2) is 48.5 Å². The van der Waals surface area contributed by atoms with Gasteiger partial charge in [-0.05, 0) is 36.2 Å². The van der Waals surface area contributed by atoms with Gasteiger partial charge in [-0.3, -0.25) is 0 Å². The number of rotatable bonds is 6. The van der Waals surface area contributed by atoms with Crippen LogP contribution in [-0.4, -0.2) is 21.0 Å². The quantitative estimate of drug-likeness (QED) is 0.677. The third-order valence-corrected chi connectivity index (χ3v) is 4.35. The number of aromatic carboxylic acids is 1. The second kappa shape index (κ2) is 8.14. The Morgan fingerprint density at radius 3 is 2.52 bits per heavy atom. The van der Waals surface area contributed by atoms with Gasteiger partial charge in [0.2, 0.25) is 11.7 Å². The number of halogens is 2. The molecule has 3 rings (SSSR count). The Bertz CT molecular complexity index is 977. The van der Waals surface area contributed by atoms with E-state index in [-0.39, 0.29) is 24.1 Å². The largest absolute Gasteiger partial charge is 0.475 e. The fraction of sp³-hybridized carbons (Fsp3) is 0.150. The second-order valence-electron chi connectivity index (χ2n) is 5.90. The minimum Gasteiger partial charge on any atom is -0.475 e. The molecule has 0 saturated carbocycles. The number of hydrogen-bond acceptors (Lipinski definition) is 4. The van der Waals surface area contributed by atoms with Gasteiger partial charge in [0.1, 0.15) is 12.4 Å². The summed E-state index contributed by atoms with van der Waals surface area (Å²) in [6.07, 6.45) is 0.393. The Kier molecular flexibility index (Phi) is 5.66. The summed E-state index contributed by atoms with van der Waals surface area (Å²) in [4.78, 5) is 19.4. The van der Waals surface area contributed by atoms with Crippen molar-refractivity contribution >= 4 is 17.6 Å². The molecule has 138 valence electrons. The predicted octanol–water partition coefficient (Wildman–Crippen LogP) is 4.45. The lowest BCUT2D eigenvalue weighted by Crippen LogP contribution is -2.12. The zero-order valence-electron chi connectivity index (χ0n) is 14.4. The van der Waals surface area contributed by atoms with Gasteiger partial charge in [0.15, 0.2) is 0 Å². The number of benzene rings is 2. The van der Waals surface area contributed by atoms with E-state index in [1.165, 1.54) is 12.1 Å². The van der Waals surface area contributed by atoms with Crippen molar-refractivity contribution in [1.29, 1.82) is 0 Å². The monoisotopic (exact) mass is 386 g/mol. The lowest BCUT2D eigenvalue weighted by atomic mass is 10.0. The number of aryl methyl sites for hydroxylation is 1. The summed E-state index contributed by atoms with van der Waals surface area (Å²) >= 11 is 6.24. The number of carbonyl (C=O) groups is 1. The zero-order chi connectivity index (χ0) is 19.4. The topological polar surface area (TPSA) is 72.3 Å². The highest BCUT2D eigenvalue weighted by atomic mass is 35.5. The van der Waals surface area contributed by atoms with Crippen LogP contribution in [0.2, 0.25) is 5.02 Å². The first-order valence-corrected chi connectivity index (χ1v) is 8.53. The average molecular weight is 387 g/mol. The Morgan fingerprint density at radius 2 is 1.85 bits per heavy atom. The molecule has 0 fully saturated rings. The molecule has 7 heteroatoms. The molecule has 0 bridgehead atoms. The van der Waals surface area contributed by atoms with Crippen molar-refractivity contribution in [2.45, 2.75) is 20.0 Å². The van der Waals surface area contributed by atoms with Crippen molar-refractivity contribution in [3.05, 3.63) is 87.6 Å². The summed E-state index contributed by atoms with van der Waals surface area (Å²) in [5.74, 6) is -1.76. The summed E-state index contributed by atoms with van der Waals surface area (Å²) in [6, 6.07) is 13.2. The van der Waals surface area contributed by atoms with Gasteiger partial charge in [-0.1, -0.05) is 41.9 Å². The number of aromatic nitrogens is 2. The van der Waals surface area contributed by atoms with Crippen molar-refractivity contribution in [2.24, 2.45) is 0 Å². The number of carboxylic acids is 1. The lowest BCUT2D eigenvalue weighted by Gasteiger charge is -2.14. The van der Waals surface area contributed by atoms with Gasteiger partial charge in [0, 0.05) is 22.7 Å². The molecule has 1 N–H and O–H groups in total. The summed E-state index contributed by atoms with van der Waals surface area (Å²) in [5, 5.41) is 9.82. The fourth-order valence-corrected chi connectivity index (χ4v) is 2.76. The van der Waals surface area contributed by atoms with Crippen molar-refractivity contribution in [1.82, 2.24) is 9.97 Å². The Labute approximate surface area is 160 Å². The molecule has 1 heterocycles. The summed E-state index contributed by atoms with van der Waals surface area (Å²) in [5.41, 5.74) is 2.72. The van der Waals surface area contributed by atoms with E-state index in [4.69, 9.17) is 16.3 Å². The summed E-state index contributed by atoms with van der Waals surface area (Å²) in [6.45, 7) is 1.82. The Hall–Kier alpha value is -2.99. The van der Waals surface area contributed by atoms with Crippen molar-refractivity contribution in [2.75, 3.05) is 0 Å². The van der Waals surface area contributed by atoms with Crippen molar-refractivity contribution in [3.63, 3.8) is 0 Å². The third-order valence-electron chi connectivity index (χ3n) is 3.98. The predicted molar refractivity (Wildman–Crippen MR) is 98.7 cm³/mol. The highest BCUT2D eigenvalue weighted by Gasteiger charge is 2.18. The first-order valence-electron chi connectivity index (χ1n) is 8.15. The van der Waals surface area contributed by atoms with Gasteiger partial charge in [-0.15, -0.1) is 0 Å². The van der Waals surface area contributed by atoms with E-state index in [1.807, 2.05) is 18.2 Å². The molecule has 0 unspecified atom stereocenters. The second-order valence-corrected chi connectivity index (χ2v) is 6.31. The molecule has 2 aromatic carbocycles. The van der Waals surface area contributed by atoms with Crippen LogP contribution in [0.1, 0.15) is 33.0 Å². The molecular weight excluding hydrogens is 371 g/mol. The maximum atomic E-state index is 13.0. The van der Waals surface area contributed by atoms with Crippen LogP contribution in [0, 0.1) is 12.7 Å². The summed E-state index contributed by atoms with van der Waals surface area (Å²) in [7, 11) is 0. The first-order chi connectivity index (χ1) is 12.9. The van der Waals surface area contributed by atoms with Gasteiger partial charge in [0.05, 0.1) is 0 Å². The van der Waals surface area contributed by atoms with Crippen LogP contribution in [-0.2, 0) is 13.0 Å². The standard InChI is InChI=1S/C20H16ClFN2O3/c1-12-16(10-14-4-2-3-5-17(14)21)19(24-18(23-12)20(25)26)27-11-13-6-8-15(22)9-7-13/h2-9H,10-11H2,1H3,(H,25,26). The van der Waals surface area contributed by atoms with Crippen LogP contribution in [0.4, 0.5) is 4.39 Å². The van der Waals surface area contributed by atoms with Crippen LogP contribution >= 0.6 is 11.6 Å². The van der Waals surface area contributed by atoms with Crippen molar-refractivity contribution < 1.29 is 19.0 Å². The Morgan fingerprint density at radius 1 is 1.15 bits per heavy atom.